The Kier molecular flexibility index (Phi) is 4.70. The molecule has 2 aliphatic heterocycles. The zero-order chi connectivity index (χ0) is 17.7. The van der Waals surface area contributed by atoms with Crippen molar-refractivity contribution < 1.29 is 9.47 Å². The van der Waals surface area contributed by atoms with Crippen LogP contribution in [0.5, 0.6) is 0 Å². The number of nitrogens with zero attached hydrogens (tertiary/aromatic N) is 1. The maximum absolute atomic E-state index is 6.69. The molecular formula is C20H35NO2. The van der Waals surface area contributed by atoms with Crippen LogP contribution in [0.3, 0.4) is 0 Å². The molecule has 23 heavy (non-hydrogen) atoms. The zero-order valence-corrected chi connectivity index (χ0v) is 16.3. The van der Waals surface area contributed by atoms with E-state index in [1.165, 1.54) is 0 Å². The van der Waals surface area contributed by atoms with Gasteiger partial charge in [-0.3, -0.25) is 4.90 Å². The molecule has 3 nitrogen and oxygen atoms in total. The van der Waals surface area contributed by atoms with E-state index in [0.29, 0.717) is 12.5 Å². The van der Waals surface area contributed by atoms with Gasteiger partial charge in [0, 0.05) is 29.3 Å². The smallest absolute Gasteiger partial charge is 0.172 e. The largest absolute Gasteiger partial charge is 0.349 e. The molecule has 0 aromatic carbocycles. The normalized spacial score (nSPS) is 31.9. The van der Waals surface area contributed by atoms with Gasteiger partial charge >= 0.3 is 0 Å². The molecule has 0 aromatic heterocycles. The number of ether oxygens (including phenoxy) is 2. The highest BCUT2D eigenvalue weighted by Gasteiger charge is 2.57. The second-order valence-electron chi connectivity index (χ2n) is 9.74. The third-order valence-corrected chi connectivity index (χ3v) is 5.54. The second-order valence-corrected chi connectivity index (χ2v) is 9.74. The lowest BCUT2D eigenvalue weighted by atomic mass is 9.73. The molecule has 2 heterocycles. The van der Waals surface area contributed by atoms with Gasteiger partial charge in [0.05, 0.1) is 19.3 Å². The van der Waals surface area contributed by atoms with Crippen molar-refractivity contribution in [2.75, 3.05) is 13.2 Å². The Morgan fingerprint density at radius 3 is 2.04 bits per heavy atom. The van der Waals surface area contributed by atoms with E-state index in [1.54, 1.807) is 0 Å². The topological polar surface area (TPSA) is 21.7 Å². The molecule has 132 valence electrons. The lowest BCUT2D eigenvalue weighted by molar-refractivity contribution is -0.368. The van der Waals surface area contributed by atoms with Crippen LogP contribution in [0, 0.1) is 23.7 Å². The van der Waals surface area contributed by atoms with Crippen molar-refractivity contribution in [2.45, 2.75) is 91.2 Å². The molecule has 0 amide bonds. The lowest BCUT2D eigenvalue weighted by Crippen LogP contribution is -2.69. The standard InChI is InChI=1S/C20H35NO2/c1-10-11-21-18(6,7)12-20(13-19(21,8)9)22-14-17(4,5)16(23-20)15(2)3/h1,15-16H,11-14H2,2-9H3. The highest BCUT2D eigenvalue weighted by atomic mass is 16.7. The van der Waals surface area contributed by atoms with Gasteiger partial charge in [-0.05, 0) is 33.6 Å². The Hall–Kier alpha value is -0.560. The number of rotatable bonds is 2. The van der Waals surface area contributed by atoms with Crippen molar-refractivity contribution in [1.82, 2.24) is 4.90 Å². The van der Waals surface area contributed by atoms with Crippen LogP contribution in [0.1, 0.15) is 68.2 Å². The van der Waals surface area contributed by atoms with Crippen LogP contribution in [-0.4, -0.2) is 41.0 Å². The third-order valence-electron chi connectivity index (χ3n) is 5.54. The van der Waals surface area contributed by atoms with Crippen LogP contribution in [-0.2, 0) is 9.47 Å². The summed E-state index contributed by atoms with van der Waals surface area (Å²) in [6.45, 7) is 19.4. The van der Waals surface area contributed by atoms with Crippen molar-refractivity contribution in [2.24, 2.45) is 11.3 Å². The third kappa shape index (κ3) is 3.45. The SMILES string of the molecule is C#CCN1C(C)(C)CC2(CC1(C)C)OCC(C)(C)C(C(C)C)O2. The van der Waals surface area contributed by atoms with Crippen LogP contribution < -0.4 is 0 Å². The summed E-state index contributed by atoms with van der Waals surface area (Å²) < 4.78 is 13.1. The highest BCUT2D eigenvalue weighted by molar-refractivity contribution is 5.09. The van der Waals surface area contributed by atoms with E-state index in [1.807, 2.05) is 0 Å². The Balaban J connectivity index is 2.33. The first kappa shape index (κ1) is 18.8. The number of hydrogen-bond donors (Lipinski definition) is 0. The highest BCUT2D eigenvalue weighted by Crippen LogP contribution is 2.50. The zero-order valence-electron chi connectivity index (χ0n) is 16.3. The summed E-state index contributed by atoms with van der Waals surface area (Å²) >= 11 is 0. The van der Waals surface area contributed by atoms with E-state index in [0.717, 1.165) is 19.4 Å². The van der Waals surface area contributed by atoms with Gasteiger partial charge in [0.1, 0.15) is 0 Å². The molecule has 0 saturated carbocycles. The van der Waals surface area contributed by atoms with Crippen LogP contribution in [0.15, 0.2) is 0 Å². The minimum absolute atomic E-state index is 0.0453. The first-order chi connectivity index (χ1) is 10.4. The number of likely N-dealkylation sites (tertiary alicyclic amines) is 1. The summed E-state index contributed by atoms with van der Waals surface area (Å²) in [5.41, 5.74) is -0.0715. The van der Waals surface area contributed by atoms with Crippen LogP contribution in [0.2, 0.25) is 0 Å². The Morgan fingerprint density at radius 2 is 1.61 bits per heavy atom. The fraction of sp³-hybridized carbons (Fsp3) is 0.900. The van der Waals surface area contributed by atoms with E-state index in [4.69, 9.17) is 15.9 Å². The Labute approximate surface area is 143 Å². The Bertz CT molecular complexity index is 466. The second kappa shape index (κ2) is 5.76. The van der Waals surface area contributed by atoms with Gasteiger partial charge in [0.25, 0.3) is 0 Å². The molecule has 2 fully saturated rings. The molecule has 0 radical (unpaired) electrons. The maximum Gasteiger partial charge on any atom is 0.172 e. The number of terminal acetylenes is 1. The summed E-state index contributed by atoms with van der Waals surface area (Å²) in [5.74, 6) is 2.80. The molecule has 1 atom stereocenters. The molecule has 2 saturated heterocycles. The molecule has 2 aliphatic rings. The number of piperidine rings is 1. The molecule has 0 aliphatic carbocycles. The van der Waals surface area contributed by atoms with Crippen molar-refractivity contribution in [3.63, 3.8) is 0 Å². The average Bonchev–Trinajstić information content (AvgIpc) is 2.36. The molecule has 0 bridgehead atoms. The molecule has 0 aromatic rings. The first-order valence-electron chi connectivity index (χ1n) is 8.88. The molecule has 2 rings (SSSR count). The van der Waals surface area contributed by atoms with Gasteiger partial charge in [-0.25, -0.2) is 0 Å². The van der Waals surface area contributed by atoms with E-state index < -0.39 is 5.79 Å². The minimum atomic E-state index is -0.497. The molecule has 3 heteroatoms. The predicted octanol–water partition coefficient (Wildman–Crippen LogP) is 4.07. The summed E-state index contributed by atoms with van der Waals surface area (Å²) in [5, 5.41) is 0. The molecular weight excluding hydrogens is 286 g/mol. The van der Waals surface area contributed by atoms with Crippen molar-refractivity contribution in [1.29, 1.82) is 0 Å². The van der Waals surface area contributed by atoms with E-state index in [2.05, 4.69) is 66.2 Å². The summed E-state index contributed by atoms with van der Waals surface area (Å²) in [6.07, 6.45) is 7.53. The van der Waals surface area contributed by atoms with E-state index in [9.17, 15) is 0 Å². The van der Waals surface area contributed by atoms with Gasteiger partial charge in [0.15, 0.2) is 5.79 Å². The minimum Gasteiger partial charge on any atom is -0.349 e. The van der Waals surface area contributed by atoms with Crippen LogP contribution in [0.25, 0.3) is 0 Å². The van der Waals surface area contributed by atoms with Crippen LogP contribution >= 0.6 is 0 Å². The molecule has 1 unspecified atom stereocenters. The fourth-order valence-electron chi connectivity index (χ4n) is 4.96. The quantitative estimate of drug-likeness (QED) is 0.716. The lowest BCUT2D eigenvalue weighted by Gasteiger charge is -2.61. The summed E-state index contributed by atoms with van der Waals surface area (Å²) in [7, 11) is 0. The van der Waals surface area contributed by atoms with Crippen molar-refractivity contribution in [3.05, 3.63) is 0 Å². The summed E-state index contributed by atoms with van der Waals surface area (Å²) in [4.78, 5) is 2.42. The maximum atomic E-state index is 6.69. The monoisotopic (exact) mass is 321 g/mol. The number of hydrogen-bond acceptors (Lipinski definition) is 3. The van der Waals surface area contributed by atoms with Crippen molar-refractivity contribution in [3.8, 4) is 12.3 Å². The Morgan fingerprint density at radius 1 is 1.09 bits per heavy atom. The van der Waals surface area contributed by atoms with Gasteiger partial charge < -0.3 is 9.47 Å². The van der Waals surface area contributed by atoms with Gasteiger partial charge in [-0.2, -0.15) is 0 Å². The van der Waals surface area contributed by atoms with Gasteiger partial charge in [0.2, 0.25) is 0 Å². The van der Waals surface area contributed by atoms with Crippen molar-refractivity contribution >= 4 is 0 Å². The van der Waals surface area contributed by atoms with Gasteiger partial charge in [-0.15, -0.1) is 6.42 Å². The summed E-state index contributed by atoms with van der Waals surface area (Å²) in [6, 6.07) is 0. The van der Waals surface area contributed by atoms with Crippen LogP contribution in [0.4, 0.5) is 0 Å². The molecule has 1 spiro atoms. The van der Waals surface area contributed by atoms with E-state index in [-0.39, 0.29) is 22.6 Å². The first-order valence-corrected chi connectivity index (χ1v) is 8.88. The fourth-order valence-corrected chi connectivity index (χ4v) is 4.96. The average molecular weight is 322 g/mol. The van der Waals surface area contributed by atoms with Gasteiger partial charge in [-0.1, -0.05) is 33.6 Å². The molecule has 0 N–H and O–H groups in total. The predicted molar refractivity (Wildman–Crippen MR) is 95.1 cm³/mol. The van der Waals surface area contributed by atoms with E-state index >= 15 is 0 Å².